The van der Waals surface area contributed by atoms with E-state index < -0.39 is 0 Å². The average Bonchev–Trinajstić information content (AvgIpc) is 2.95. The second kappa shape index (κ2) is 7.14. The van der Waals surface area contributed by atoms with Crippen LogP contribution in [0.5, 0.6) is 0 Å². The Balaban J connectivity index is 1.76. The molecule has 4 rings (SSSR count). The Morgan fingerprint density at radius 3 is 2.48 bits per heavy atom. The van der Waals surface area contributed by atoms with E-state index in [0.717, 1.165) is 37.7 Å². The molecular formula is C23H29NO3. The zero-order valence-corrected chi connectivity index (χ0v) is 16.5. The number of ether oxygens (including phenoxy) is 1. The first-order valence-corrected chi connectivity index (χ1v) is 10.4. The first kappa shape index (κ1) is 18.3. The molecular weight excluding hydrogens is 338 g/mol. The number of carbonyl (C=O) groups is 2. The summed E-state index contributed by atoms with van der Waals surface area (Å²) in [7, 11) is 0. The molecule has 3 unspecified atom stereocenters. The predicted octanol–water partition coefficient (Wildman–Crippen LogP) is 4.52. The van der Waals surface area contributed by atoms with Gasteiger partial charge in [-0.25, -0.2) is 0 Å². The summed E-state index contributed by atoms with van der Waals surface area (Å²) in [6.07, 6.45) is 4.64. The summed E-state index contributed by atoms with van der Waals surface area (Å²) < 4.78 is 6.15. The standard InChI is InChI=1S/C23H29NO3/c1-4-13-24-20(16-11-9-15(10-12-16)14(2)3)19-21(25)17-7-5-6-8-18(17)27-22(19)23(24)26/h9-12,14,17-18,20H,4-8,13H2,1-3H3. The van der Waals surface area contributed by atoms with E-state index in [4.69, 9.17) is 4.74 Å². The summed E-state index contributed by atoms with van der Waals surface area (Å²) in [6.45, 7) is 7.03. The van der Waals surface area contributed by atoms with Gasteiger partial charge in [-0.05, 0) is 42.7 Å². The molecule has 4 heteroatoms. The molecule has 4 nitrogen and oxygen atoms in total. The molecule has 0 radical (unpaired) electrons. The van der Waals surface area contributed by atoms with E-state index in [1.54, 1.807) is 0 Å². The molecule has 1 amide bonds. The minimum Gasteiger partial charge on any atom is -0.483 e. The lowest BCUT2D eigenvalue weighted by molar-refractivity contribution is -0.135. The van der Waals surface area contributed by atoms with Crippen LogP contribution in [0, 0.1) is 5.92 Å². The molecule has 1 aromatic rings. The molecule has 3 atom stereocenters. The number of ketones is 1. The van der Waals surface area contributed by atoms with Crippen LogP contribution in [-0.4, -0.2) is 29.2 Å². The van der Waals surface area contributed by atoms with E-state index in [2.05, 4.69) is 45.0 Å². The number of benzene rings is 1. The highest BCUT2D eigenvalue weighted by Gasteiger charge is 2.51. The molecule has 0 N–H and O–H groups in total. The van der Waals surface area contributed by atoms with Crippen LogP contribution in [0.2, 0.25) is 0 Å². The topological polar surface area (TPSA) is 46.6 Å². The maximum Gasteiger partial charge on any atom is 0.290 e. The van der Waals surface area contributed by atoms with E-state index in [-0.39, 0.29) is 29.8 Å². The molecule has 2 heterocycles. The van der Waals surface area contributed by atoms with Gasteiger partial charge in [-0.15, -0.1) is 0 Å². The number of Topliss-reactive ketones (excluding diaryl/α,β-unsaturated/α-hetero) is 1. The minimum absolute atomic E-state index is 0.0793. The van der Waals surface area contributed by atoms with Crippen LogP contribution in [0.1, 0.15) is 76.0 Å². The van der Waals surface area contributed by atoms with Gasteiger partial charge >= 0.3 is 0 Å². The van der Waals surface area contributed by atoms with E-state index >= 15 is 0 Å². The Kier molecular flexibility index (Phi) is 4.83. The van der Waals surface area contributed by atoms with Crippen molar-refractivity contribution in [2.45, 2.75) is 70.9 Å². The third-order valence-corrected chi connectivity index (χ3v) is 6.24. The van der Waals surface area contributed by atoms with Crippen LogP contribution >= 0.6 is 0 Å². The second-order valence-electron chi connectivity index (χ2n) is 8.38. The van der Waals surface area contributed by atoms with Gasteiger partial charge in [0, 0.05) is 6.54 Å². The van der Waals surface area contributed by atoms with Gasteiger partial charge in [-0.3, -0.25) is 9.59 Å². The molecule has 1 fully saturated rings. The largest absolute Gasteiger partial charge is 0.483 e. The van der Waals surface area contributed by atoms with Crippen molar-refractivity contribution < 1.29 is 14.3 Å². The highest BCUT2D eigenvalue weighted by atomic mass is 16.5. The molecule has 0 saturated heterocycles. The van der Waals surface area contributed by atoms with Crippen molar-refractivity contribution in [3.63, 3.8) is 0 Å². The number of hydrogen-bond acceptors (Lipinski definition) is 3. The fourth-order valence-electron chi connectivity index (χ4n) is 4.77. The molecule has 3 aliphatic rings. The molecule has 27 heavy (non-hydrogen) atoms. The zero-order chi connectivity index (χ0) is 19.1. The Morgan fingerprint density at radius 2 is 1.81 bits per heavy atom. The number of carbonyl (C=O) groups excluding carboxylic acids is 2. The number of fused-ring (bicyclic) bond motifs is 1. The normalized spacial score (nSPS) is 27.7. The smallest absolute Gasteiger partial charge is 0.290 e. The molecule has 0 aromatic heterocycles. The third-order valence-electron chi connectivity index (χ3n) is 6.24. The monoisotopic (exact) mass is 367 g/mol. The number of hydrogen-bond donors (Lipinski definition) is 0. The van der Waals surface area contributed by atoms with Gasteiger partial charge in [-0.1, -0.05) is 51.5 Å². The van der Waals surface area contributed by atoms with Crippen molar-refractivity contribution in [1.82, 2.24) is 4.90 Å². The summed E-state index contributed by atoms with van der Waals surface area (Å²) in [5.74, 6) is 0.736. The summed E-state index contributed by atoms with van der Waals surface area (Å²) in [4.78, 5) is 28.3. The Morgan fingerprint density at radius 1 is 1.11 bits per heavy atom. The van der Waals surface area contributed by atoms with Crippen LogP contribution in [0.3, 0.4) is 0 Å². The summed E-state index contributed by atoms with van der Waals surface area (Å²) in [6, 6.07) is 8.08. The Bertz CT molecular complexity index is 777. The lowest BCUT2D eigenvalue weighted by Crippen LogP contribution is -2.39. The van der Waals surface area contributed by atoms with Crippen LogP contribution in [-0.2, 0) is 14.3 Å². The van der Waals surface area contributed by atoms with E-state index in [1.807, 2.05) is 4.90 Å². The predicted molar refractivity (Wildman–Crippen MR) is 104 cm³/mol. The lowest BCUT2D eigenvalue weighted by atomic mass is 9.77. The van der Waals surface area contributed by atoms with Crippen molar-refractivity contribution >= 4 is 11.7 Å². The van der Waals surface area contributed by atoms with Gasteiger partial charge in [0.15, 0.2) is 11.5 Å². The SMILES string of the molecule is CCCN1C(=O)C2=C(C(=O)C3CCCCC3O2)C1c1ccc(C(C)C)cc1. The van der Waals surface area contributed by atoms with E-state index in [9.17, 15) is 9.59 Å². The molecule has 0 bridgehead atoms. The van der Waals surface area contributed by atoms with Gasteiger partial charge in [0.25, 0.3) is 5.91 Å². The Labute approximate surface area is 161 Å². The fraction of sp³-hybridized carbons (Fsp3) is 0.565. The second-order valence-corrected chi connectivity index (χ2v) is 8.38. The van der Waals surface area contributed by atoms with Crippen molar-refractivity contribution in [2.75, 3.05) is 6.54 Å². The first-order valence-electron chi connectivity index (χ1n) is 10.4. The lowest BCUT2D eigenvalue weighted by Gasteiger charge is -2.35. The van der Waals surface area contributed by atoms with Crippen LogP contribution in [0.4, 0.5) is 0 Å². The fourth-order valence-corrected chi connectivity index (χ4v) is 4.77. The quantitative estimate of drug-likeness (QED) is 0.786. The van der Waals surface area contributed by atoms with E-state index in [1.165, 1.54) is 5.56 Å². The minimum atomic E-state index is -0.302. The summed E-state index contributed by atoms with van der Waals surface area (Å²) >= 11 is 0. The Hall–Kier alpha value is -2.10. The highest BCUT2D eigenvalue weighted by molar-refractivity contribution is 6.11. The van der Waals surface area contributed by atoms with Crippen molar-refractivity contribution in [2.24, 2.45) is 5.92 Å². The number of rotatable bonds is 4. The maximum absolute atomic E-state index is 13.4. The number of amides is 1. The third kappa shape index (κ3) is 2.99. The van der Waals surface area contributed by atoms with Gasteiger partial charge in [0.1, 0.15) is 6.10 Å². The highest BCUT2D eigenvalue weighted by Crippen LogP contribution is 2.46. The van der Waals surface area contributed by atoms with Crippen molar-refractivity contribution in [3.8, 4) is 0 Å². The van der Waals surface area contributed by atoms with Gasteiger partial charge in [0.05, 0.1) is 17.5 Å². The molecule has 144 valence electrons. The molecule has 2 aliphatic heterocycles. The summed E-state index contributed by atoms with van der Waals surface area (Å²) in [5.41, 5.74) is 2.88. The molecule has 1 aliphatic carbocycles. The average molecular weight is 367 g/mol. The van der Waals surface area contributed by atoms with Crippen molar-refractivity contribution in [3.05, 3.63) is 46.7 Å². The first-order chi connectivity index (χ1) is 13.0. The van der Waals surface area contributed by atoms with Crippen LogP contribution < -0.4 is 0 Å². The van der Waals surface area contributed by atoms with Crippen LogP contribution in [0.25, 0.3) is 0 Å². The van der Waals surface area contributed by atoms with Crippen LogP contribution in [0.15, 0.2) is 35.6 Å². The van der Waals surface area contributed by atoms with Crippen molar-refractivity contribution in [1.29, 1.82) is 0 Å². The van der Waals surface area contributed by atoms with E-state index in [0.29, 0.717) is 23.8 Å². The van der Waals surface area contributed by atoms with Gasteiger partial charge in [-0.2, -0.15) is 0 Å². The molecule has 1 saturated carbocycles. The molecule has 0 spiro atoms. The molecule has 1 aromatic carbocycles. The zero-order valence-electron chi connectivity index (χ0n) is 16.5. The van der Waals surface area contributed by atoms with Gasteiger partial charge in [0.2, 0.25) is 0 Å². The van der Waals surface area contributed by atoms with Gasteiger partial charge < -0.3 is 9.64 Å². The maximum atomic E-state index is 13.4. The number of nitrogens with zero attached hydrogens (tertiary/aromatic N) is 1. The summed E-state index contributed by atoms with van der Waals surface area (Å²) in [5, 5.41) is 0.